The molecule has 0 bridgehead atoms. The summed E-state index contributed by atoms with van der Waals surface area (Å²) in [6.45, 7) is 1.15. The molecule has 8 heteroatoms. The Hall–Kier alpha value is -1.25. The molecule has 0 spiro atoms. The standard InChI is InChI=1S/C11H14F2N2O3S/c12-9-3-8(14)4-10(11(9)13)19(16,17)15-5-7-1-2-18-6-7/h3-4,7,15H,1-2,5-6,14H2. The number of nitrogens with one attached hydrogen (secondary N) is 1. The lowest BCUT2D eigenvalue weighted by molar-refractivity contribution is 0.186. The first-order valence-electron chi connectivity index (χ1n) is 5.72. The molecule has 0 aromatic heterocycles. The largest absolute Gasteiger partial charge is 0.399 e. The summed E-state index contributed by atoms with van der Waals surface area (Å²) in [7, 11) is -4.12. The van der Waals surface area contributed by atoms with Gasteiger partial charge in [-0.1, -0.05) is 0 Å². The summed E-state index contributed by atoms with van der Waals surface area (Å²) in [6.07, 6.45) is 0.732. The van der Waals surface area contributed by atoms with Crippen molar-refractivity contribution < 1.29 is 21.9 Å². The van der Waals surface area contributed by atoms with Crippen LogP contribution in [0.5, 0.6) is 0 Å². The minimum absolute atomic E-state index is 0.0451. The average Bonchev–Trinajstić information content (AvgIpc) is 2.84. The van der Waals surface area contributed by atoms with E-state index in [1.165, 1.54) is 0 Å². The zero-order valence-corrected chi connectivity index (χ0v) is 10.8. The van der Waals surface area contributed by atoms with E-state index in [0.29, 0.717) is 13.2 Å². The van der Waals surface area contributed by atoms with Crippen LogP contribution in [0.3, 0.4) is 0 Å². The Kier molecular flexibility index (Phi) is 4.02. The van der Waals surface area contributed by atoms with E-state index in [0.717, 1.165) is 18.6 Å². The first-order valence-corrected chi connectivity index (χ1v) is 7.20. The summed E-state index contributed by atoms with van der Waals surface area (Å²) in [5.41, 5.74) is 5.17. The van der Waals surface area contributed by atoms with Gasteiger partial charge in [0.1, 0.15) is 4.90 Å². The van der Waals surface area contributed by atoms with Crippen LogP contribution in [-0.2, 0) is 14.8 Å². The number of ether oxygens (including phenoxy) is 1. The minimum atomic E-state index is -4.12. The van der Waals surface area contributed by atoms with Crippen molar-refractivity contribution in [2.75, 3.05) is 25.5 Å². The molecule has 0 saturated carbocycles. The molecule has 1 aliphatic rings. The molecule has 0 amide bonds. The summed E-state index contributed by atoms with van der Waals surface area (Å²) < 4.78 is 57.8. The Balaban J connectivity index is 2.19. The second-order valence-electron chi connectivity index (χ2n) is 4.40. The van der Waals surface area contributed by atoms with Crippen molar-refractivity contribution in [3.05, 3.63) is 23.8 Å². The summed E-state index contributed by atoms with van der Waals surface area (Å²) in [6, 6.07) is 1.63. The Morgan fingerprint density at radius 1 is 1.42 bits per heavy atom. The van der Waals surface area contributed by atoms with Gasteiger partial charge in [0.25, 0.3) is 0 Å². The molecule has 19 heavy (non-hydrogen) atoms. The van der Waals surface area contributed by atoms with Gasteiger partial charge in [-0.25, -0.2) is 21.9 Å². The van der Waals surface area contributed by atoms with Gasteiger partial charge in [-0.05, 0) is 24.5 Å². The molecule has 3 N–H and O–H groups in total. The van der Waals surface area contributed by atoms with Crippen molar-refractivity contribution in [3.8, 4) is 0 Å². The monoisotopic (exact) mass is 292 g/mol. The second-order valence-corrected chi connectivity index (χ2v) is 6.13. The van der Waals surface area contributed by atoms with Crippen LogP contribution in [0.1, 0.15) is 6.42 Å². The van der Waals surface area contributed by atoms with Crippen LogP contribution in [0.4, 0.5) is 14.5 Å². The summed E-state index contributed by atoms with van der Waals surface area (Å²) in [5, 5.41) is 0. The highest BCUT2D eigenvalue weighted by Gasteiger charge is 2.24. The predicted molar refractivity (Wildman–Crippen MR) is 64.9 cm³/mol. The van der Waals surface area contributed by atoms with Gasteiger partial charge in [0.15, 0.2) is 11.6 Å². The topological polar surface area (TPSA) is 81.4 Å². The number of sulfonamides is 1. The molecule has 1 saturated heterocycles. The number of anilines is 1. The number of benzene rings is 1. The molecule has 1 fully saturated rings. The molecular weight excluding hydrogens is 278 g/mol. The fourth-order valence-corrected chi connectivity index (χ4v) is 3.06. The average molecular weight is 292 g/mol. The lowest BCUT2D eigenvalue weighted by atomic mass is 10.1. The van der Waals surface area contributed by atoms with Crippen LogP contribution in [0, 0.1) is 17.6 Å². The van der Waals surface area contributed by atoms with Gasteiger partial charge in [0.05, 0.1) is 6.61 Å². The van der Waals surface area contributed by atoms with Crippen molar-refractivity contribution in [3.63, 3.8) is 0 Å². The van der Waals surface area contributed by atoms with Crippen LogP contribution >= 0.6 is 0 Å². The van der Waals surface area contributed by atoms with Crippen LogP contribution in [0.25, 0.3) is 0 Å². The lowest BCUT2D eigenvalue weighted by Gasteiger charge is -2.11. The maximum atomic E-state index is 13.5. The number of rotatable bonds is 4. The second kappa shape index (κ2) is 5.40. The Morgan fingerprint density at radius 3 is 2.79 bits per heavy atom. The molecule has 2 rings (SSSR count). The fraction of sp³-hybridized carbons (Fsp3) is 0.455. The first-order chi connectivity index (χ1) is 8.90. The molecule has 1 aromatic carbocycles. The van der Waals surface area contributed by atoms with E-state index >= 15 is 0 Å². The van der Waals surface area contributed by atoms with Crippen molar-refractivity contribution in [1.82, 2.24) is 4.72 Å². The van der Waals surface area contributed by atoms with E-state index in [-0.39, 0.29) is 18.2 Å². The van der Waals surface area contributed by atoms with Crippen molar-refractivity contribution in [2.24, 2.45) is 5.92 Å². The molecular formula is C11H14F2N2O3S. The molecule has 1 aliphatic heterocycles. The van der Waals surface area contributed by atoms with E-state index in [1.54, 1.807) is 0 Å². The van der Waals surface area contributed by atoms with Crippen molar-refractivity contribution in [1.29, 1.82) is 0 Å². The third kappa shape index (κ3) is 3.20. The summed E-state index contributed by atoms with van der Waals surface area (Å²) >= 11 is 0. The molecule has 1 unspecified atom stereocenters. The highest BCUT2D eigenvalue weighted by atomic mass is 32.2. The fourth-order valence-electron chi connectivity index (χ4n) is 1.83. The maximum absolute atomic E-state index is 13.5. The van der Waals surface area contributed by atoms with E-state index in [9.17, 15) is 17.2 Å². The van der Waals surface area contributed by atoms with Crippen molar-refractivity contribution in [2.45, 2.75) is 11.3 Å². The lowest BCUT2D eigenvalue weighted by Crippen LogP contribution is -2.30. The van der Waals surface area contributed by atoms with E-state index in [1.807, 2.05) is 0 Å². The van der Waals surface area contributed by atoms with Gasteiger partial charge in [0.2, 0.25) is 10.0 Å². The molecule has 5 nitrogen and oxygen atoms in total. The summed E-state index contributed by atoms with van der Waals surface area (Å²) in [4.78, 5) is -0.774. The molecule has 0 radical (unpaired) electrons. The van der Waals surface area contributed by atoms with Gasteiger partial charge in [-0.15, -0.1) is 0 Å². The number of nitrogen functional groups attached to an aromatic ring is 1. The number of hydrogen-bond acceptors (Lipinski definition) is 4. The Bertz CT molecular complexity index is 572. The normalized spacial score (nSPS) is 19.8. The van der Waals surface area contributed by atoms with Gasteiger partial charge in [-0.3, -0.25) is 0 Å². The van der Waals surface area contributed by atoms with Crippen LogP contribution in [0.15, 0.2) is 17.0 Å². The zero-order chi connectivity index (χ0) is 14.0. The van der Waals surface area contributed by atoms with Gasteiger partial charge < -0.3 is 10.5 Å². The predicted octanol–water partition coefficient (Wildman–Crippen LogP) is 0.862. The third-order valence-corrected chi connectivity index (χ3v) is 4.32. The van der Waals surface area contributed by atoms with Crippen LogP contribution in [0.2, 0.25) is 0 Å². The van der Waals surface area contributed by atoms with Crippen molar-refractivity contribution >= 4 is 15.7 Å². The number of hydrogen-bond donors (Lipinski definition) is 2. The quantitative estimate of drug-likeness (QED) is 0.807. The van der Waals surface area contributed by atoms with Crippen LogP contribution < -0.4 is 10.5 Å². The minimum Gasteiger partial charge on any atom is -0.399 e. The zero-order valence-electron chi connectivity index (χ0n) is 10.0. The third-order valence-electron chi connectivity index (χ3n) is 2.89. The summed E-state index contributed by atoms with van der Waals surface area (Å²) in [5.74, 6) is -2.67. The number of nitrogens with two attached hydrogens (primary N) is 1. The van der Waals surface area contributed by atoms with E-state index < -0.39 is 26.6 Å². The van der Waals surface area contributed by atoms with E-state index in [2.05, 4.69) is 4.72 Å². The Morgan fingerprint density at radius 2 is 2.16 bits per heavy atom. The highest BCUT2D eigenvalue weighted by Crippen LogP contribution is 2.21. The maximum Gasteiger partial charge on any atom is 0.243 e. The van der Waals surface area contributed by atoms with Gasteiger partial charge in [-0.2, -0.15) is 0 Å². The van der Waals surface area contributed by atoms with E-state index in [4.69, 9.17) is 10.5 Å². The Labute approximate surface area is 109 Å². The molecule has 1 aromatic rings. The van der Waals surface area contributed by atoms with Crippen LogP contribution in [-0.4, -0.2) is 28.2 Å². The smallest absolute Gasteiger partial charge is 0.243 e. The molecule has 1 atom stereocenters. The van der Waals surface area contributed by atoms with Gasteiger partial charge >= 0.3 is 0 Å². The molecule has 1 heterocycles. The SMILES string of the molecule is Nc1cc(F)c(F)c(S(=O)(=O)NCC2CCOC2)c1. The number of halogens is 2. The molecule has 106 valence electrons. The highest BCUT2D eigenvalue weighted by molar-refractivity contribution is 7.89. The van der Waals surface area contributed by atoms with Gasteiger partial charge in [0, 0.05) is 18.8 Å². The molecule has 0 aliphatic carbocycles. The first kappa shape index (κ1) is 14.2.